The van der Waals surface area contributed by atoms with E-state index in [1.807, 2.05) is 30.3 Å². The summed E-state index contributed by atoms with van der Waals surface area (Å²) < 4.78 is 0. The van der Waals surface area contributed by atoms with Crippen LogP contribution in [0.2, 0.25) is 0 Å². The molecule has 0 amide bonds. The molecule has 0 radical (unpaired) electrons. The number of rotatable bonds is 5. The first kappa shape index (κ1) is 9.85. The average Bonchev–Trinajstić information content (AvgIpc) is 2.14. The highest BCUT2D eigenvalue weighted by Crippen LogP contribution is 2.15. The van der Waals surface area contributed by atoms with Crippen molar-refractivity contribution in [1.82, 2.24) is 0 Å². The third-order valence-electron chi connectivity index (χ3n) is 1.29. The Kier molecular flexibility index (Phi) is 4.11. The standard InChI is InChI=1S/C8H9NO3S/c10-9(11)12-6-7-13-8-4-2-1-3-5-8/h1-5H,6-7H2. The second kappa shape index (κ2) is 5.42. The van der Waals surface area contributed by atoms with Gasteiger partial charge in [0.15, 0.2) is 0 Å². The van der Waals surface area contributed by atoms with Crippen molar-refractivity contribution in [2.24, 2.45) is 0 Å². The maximum Gasteiger partial charge on any atom is 0.294 e. The molecule has 0 fully saturated rings. The van der Waals surface area contributed by atoms with Gasteiger partial charge in [0.2, 0.25) is 0 Å². The molecule has 0 aromatic heterocycles. The fourth-order valence-corrected chi connectivity index (χ4v) is 1.53. The van der Waals surface area contributed by atoms with Crippen molar-refractivity contribution in [3.63, 3.8) is 0 Å². The number of hydrogen-bond acceptors (Lipinski definition) is 4. The van der Waals surface area contributed by atoms with E-state index in [1.165, 1.54) is 11.8 Å². The zero-order valence-electron chi connectivity index (χ0n) is 6.88. The molecule has 1 rings (SSSR count). The van der Waals surface area contributed by atoms with Crippen molar-refractivity contribution < 1.29 is 9.92 Å². The van der Waals surface area contributed by atoms with Crippen LogP contribution in [0.3, 0.4) is 0 Å². The van der Waals surface area contributed by atoms with Crippen LogP contribution in [-0.2, 0) is 4.84 Å². The molecule has 0 heterocycles. The van der Waals surface area contributed by atoms with E-state index in [4.69, 9.17) is 0 Å². The van der Waals surface area contributed by atoms with E-state index in [9.17, 15) is 10.1 Å². The van der Waals surface area contributed by atoms with Crippen LogP contribution in [0.5, 0.6) is 0 Å². The van der Waals surface area contributed by atoms with Gasteiger partial charge in [0.1, 0.15) is 6.61 Å². The van der Waals surface area contributed by atoms with Gasteiger partial charge < -0.3 is 4.84 Å². The van der Waals surface area contributed by atoms with Crippen LogP contribution in [0.4, 0.5) is 0 Å². The summed E-state index contributed by atoms with van der Waals surface area (Å²) >= 11 is 1.53. The highest BCUT2D eigenvalue weighted by atomic mass is 32.2. The molecule has 0 atom stereocenters. The largest absolute Gasteiger partial charge is 0.313 e. The van der Waals surface area contributed by atoms with Crippen LogP contribution >= 0.6 is 11.8 Å². The van der Waals surface area contributed by atoms with E-state index in [1.54, 1.807) is 0 Å². The second-order valence-corrected chi connectivity index (χ2v) is 3.39. The number of nitrogens with zero attached hydrogens (tertiary/aromatic N) is 1. The first-order valence-electron chi connectivity index (χ1n) is 3.74. The molecule has 0 saturated carbocycles. The molecular formula is C8H9NO3S. The second-order valence-electron chi connectivity index (χ2n) is 2.22. The predicted octanol–water partition coefficient (Wildman–Crippen LogP) is 1.99. The molecule has 0 aliphatic heterocycles. The van der Waals surface area contributed by atoms with Crippen molar-refractivity contribution in [2.45, 2.75) is 4.90 Å². The van der Waals surface area contributed by atoms with Gasteiger partial charge in [-0.15, -0.1) is 21.9 Å². The van der Waals surface area contributed by atoms with Crippen molar-refractivity contribution in [3.8, 4) is 0 Å². The molecule has 13 heavy (non-hydrogen) atoms. The minimum Gasteiger partial charge on any atom is -0.313 e. The van der Waals surface area contributed by atoms with Gasteiger partial charge in [-0.25, -0.2) is 0 Å². The monoisotopic (exact) mass is 199 g/mol. The van der Waals surface area contributed by atoms with Crippen molar-refractivity contribution in [1.29, 1.82) is 0 Å². The summed E-state index contributed by atoms with van der Waals surface area (Å²) in [7, 11) is 0. The molecule has 0 spiro atoms. The molecule has 0 aliphatic rings. The van der Waals surface area contributed by atoms with Gasteiger partial charge in [-0.2, -0.15) is 0 Å². The molecule has 0 saturated heterocycles. The molecule has 0 unspecified atom stereocenters. The van der Waals surface area contributed by atoms with Gasteiger partial charge in [0, 0.05) is 10.6 Å². The maximum atomic E-state index is 9.78. The fourth-order valence-electron chi connectivity index (χ4n) is 0.788. The quantitative estimate of drug-likeness (QED) is 0.315. The summed E-state index contributed by atoms with van der Waals surface area (Å²) in [5, 5.41) is 9.01. The summed E-state index contributed by atoms with van der Waals surface area (Å²) in [6.45, 7) is 0.132. The van der Waals surface area contributed by atoms with E-state index in [0.29, 0.717) is 5.75 Å². The summed E-state index contributed by atoms with van der Waals surface area (Å²) in [5.41, 5.74) is 0. The van der Waals surface area contributed by atoms with E-state index < -0.39 is 5.09 Å². The predicted molar refractivity (Wildman–Crippen MR) is 50.1 cm³/mol. The lowest BCUT2D eigenvalue weighted by atomic mass is 10.4. The zero-order valence-corrected chi connectivity index (χ0v) is 7.70. The molecule has 0 aliphatic carbocycles. The molecule has 0 N–H and O–H groups in total. The fraction of sp³-hybridized carbons (Fsp3) is 0.250. The van der Waals surface area contributed by atoms with Crippen LogP contribution in [0, 0.1) is 10.1 Å². The van der Waals surface area contributed by atoms with Crippen LogP contribution in [0.25, 0.3) is 0 Å². The smallest absolute Gasteiger partial charge is 0.294 e. The molecular weight excluding hydrogens is 190 g/mol. The topological polar surface area (TPSA) is 52.4 Å². The Morgan fingerprint density at radius 1 is 1.38 bits per heavy atom. The van der Waals surface area contributed by atoms with Crippen molar-refractivity contribution in [3.05, 3.63) is 40.4 Å². The number of benzene rings is 1. The van der Waals surface area contributed by atoms with Crippen LogP contribution in [-0.4, -0.2) is 17.4 Å². The molecule has 0 bridgehead atoms. The minimum atomic E-state index is -0.772. The van der Waals surface area contributed by atoms with Crippen LogP contribution < -0.4 is 0 Å². The number of thioether (sulfide) groups is 1. The lowest BCUT2D eigenvalue weighted by molar-refractivity contribution is -0.756. The Hall–Kier alpha value is -1.23. The average molecular weight is 199 g/mol. The van der Waals surface area contributed by atoms with Gasteiger partial charge in [0.05, 0.1) is 0 Å². The van der Waals surface area contributed by atoms with E-state index >= 15 is 0 Å². The summed E-state index contributed by atoms with van der Waals surface area (Å²) in [5.74, 6) is 0.588. The maximum absolute atomic E-state index is 9.78. The Bertz CT molecular complexity index is 265. The Morgan fingerprint density at radius 3 is 2.69 bits per heavy atom. The lowest BCUT2D eigenvalue weighted by Crippen LogP contribution is -2.03. The normalized spacial score (nSPS) is 9.54. The third kappa shape index (κ3) is 4.37. The lowest BCUT2D eigenvalue weighted by Gasteiger charge is -1.99. The molecule has 4 nitrogen and oxygen atoms in total. The Balaban J connectivity index is 2.17. The minimum absolute atomic E-state index is 0.132. The molecule has 70 valence electrons. The van der Waals surface area contributed by atoms with Crippen LogP contribution in [0.1, 0.15) is 0 Å². The van der Waals surface area contributed by atoms with Crippen molar-refractivity contribution in [2.75, 3.05) is 12.4 Å². The zero-order chi connectivity index (χ0) is 9.52. The van der Waals surface area contributed by atoms with E-state index in [2.05, 4.69) is 4.84 Å². The summed E-state index contributed by atoms with van der Waals surface area (Å²) in [6, 6.07) is 9.69. The number of hydrogen-bond donors (Lipinski definition) is 0. The van der Waals surface area contributed by atoms with Gasteiger partial charge in [-0.05, 0) is 12.1 Å². The van der Waals surface area contributed by atoms with E-state index in [0.717, 1.165) is 4.90 Å². The first-order valence-corrected chi connectivity index (χ1v) is 4.73. The van der Waals surface area contributed by atoms with Gasteiger partial charge >= 0.3 is 0 Å². The Labute approximate surface area is 80.0 Å². The van der Waals surface area contributed by atoms with Gasteiger partial charge in [0.25, 0.3) is 5.09 Å². The van der Waals surface area contributed by atoms with Gasteiger partial charge in [-0.1, -0.05) is 18.2 Å². The van der Waals surface area contributed by atoms with E-state index in [-0.39, 0.29) is 6.61 Å². The van der Waals surface area contributed by atoms with Crippen molar-refractivity contribution >= 4 is 11.8 Å². The van der Waals surface area contributed by atoms with Crippen LogP contribution in [0.15, 0.2) is 35.2 Å². The first-order chi connectivity index (χ1) is 6.29. The molecule has 1 aromatic carbocycles. The Morgan fingerprint density at radius 2 is 2.08 bits per heavy atom. The highest BCUT2D eigenvalue weighted by molar-refractivity contribution is 7.99. The highest BCUT2D eigenvalue weighted by Gasteiger charge is 1.95. The van der Waals surface area contributed by atoms with Gasteiger partial charge in [-0.3, -0.25) is 0 Å². The SMILES string of the molecule is O=[N+]([O-])OCCSc1ccccc1. The third-order valence-corrected chi connectivity index (χ3v) is 2.27. The molecule has 5 heteroatoms. The summed E-state index contributed by atoms with van der Waals surface area (Å²) in [4.78, 5) is 15.0. The summed E-state index contributed by atoms with van der Waals surface area (Å²) in [6.07, 6.45) is 0. The molecule has 1 aromatic rings.